The number of piperidine rings is 1. The van der Waals surface area contributed by atoms with Gasteiger partial charge >= 0.3 is 12.3 Å². The Labute approximate surface area is 254 Å². The maximum absolute atomic E-state index is 13.4. The van der Waals surface area contributed by atoms with E-state index in [2.05, 4.69) is 9.97 Å². The number of ether oxygens (including phenoxy) is 2. The van der Waals surface area contributed by atoms with Crippen LogP contribution >= 0.6 is 11.3 Å². The normalized spacial score (nSPS) is 16.2. The molecular formula is C30H29F3N6O4S. The summed E-state index contributed by atoms with van der Waals surface area (Å²) in [6.45, 7) is 2.06. The Morgan fingerprint density at radius 1 is 1.20 bits per heavy atom. The smallest absolute Gasteiger partial charge is 0.427 e. The highest BCUT2D eigenvalue weighted by Gasteiger charge is 2.34. The molecule has 6 rings (SSSR count). The molecule has 0 bridgehead atoms. The number of aromatic nitrogens is 3. The first-order valence-electron chi connectivity index (χ1n) is 13.9. The van der Waals surface area contributed by atoms with E-state index in [1.165, 1.54) is 30.2 Å². The number of nitrogens with two attached hydrogens (primary N) is 1. The van der Waals surface area contributed by atoms with Gasteiger partial charge in [0.15, 0.2) is 0 Å². The van der Waals surface area contributed by atoms with E-state index in [-0.39, 0.29) is 39.8 Å². The predicted molar refractivity (Wildman–Crippen MR) is 158 cm³/mol. The van der Waals surface area contributed by atoms with Crippen LogP contribution in [0.5, 0.6) is 0 Å². The van der Waals surface area contributed by atoms with Gasteiger partial charge in [0, 0.05) is 31.3 Å². The lowest BCUT2D eigenvalue weighted by Gasteiger charge is -2.25. The number of carbonyl (C=O) groups is 1. The summed E-state index contributed by atoms with van der Waals surface area (Å²) in [6.07, 6.45) is 0.00952. The molecule has 2 aromatic heterocycles. The number of amides is 1. The lowest BCUT2D eigenvalue weighted by Crippen LogP contribution is -2.37. The second-order valence-electron chi connectivity index (χ2n) is 10.4. The van der Waals surface area contributed by atoms with Crippen LogP contribution in [0.1, 0.15) is 41.1 Å². The van der Waals surface area contributed by atoms with Gasteiger partial charge in [0.1, 0.15) is 22.3 Å². The number of cyclic esters (lactones) is 1. The molecule has 2 fully saturated rings. The molecule has 10 nitrogen and oxygen atoms in total. The third kappa shape index (κ3) is 6.68. The van der Waals surface area contributed by atoms with Gasteiger partial charge in [-0.05, 0) is 49.1 Å². The zero-order valence-electron chi connectivity index (χ0n) is 23.8. The summed E-state index contributed by atoms with van der Waals surface area (Å²) in [4.78, 5) is 33.8. The monoisotopic (exact) mass is 626 g/mol. The third-order valence-corrected chi connectivity index (χ3v) is 8.51. The summed E-state index contributed by atoms with van der Waals surface area (Å²) in [5.41, 5.74) is 7.80. The number of benzene rings is 2. The molecule has 2 aliphatic heterocycles. The van der Waals surface area contributed by atoms with Crippen LogP contribution in [0, 0.1) is 11.3 Å². The number of fused-ring (bicyclic) bond motifs is 2. The Hall–Kier alpha value is -4.48. The summed E-state index contributed by atoms with van der Waals surface area (Å²) in [7, 11) is 1.53. The number of rotatable bonds is 6. The molecule has 0 radical (unpaired) electrons. The van der Waals surface area contributed by atoms with Crippen molar-refractivity contribution in [2.75, 3.05) is 32.6 Å². The van der Waals surface area contributed by atoms with Gasteiger partial charge in [-0.25, -0.2) is 14.8 Å². The van der Waals surface area contributed by atoms with Crippen molar-refractivity contribution in [3.63, 3.8) is 0 Å². The quantitative estimate of drug-likeness (QED) is 0.288. The number of nitrogen functional groups attached to an aromatic ring is 1. The number of hydrogen-bond donors (Lipinski definition) is 1. The molecule has 1 unspecified atom stereocenters. The average Bonchev–Trinajstić information content (AvgIpc) is 3.66. The van der Waals surface area contributed by atoms with Crippen LogP contribution in [0.25, 0.3) is 21.5 Å². The highest BCUT2D eigenvalue weighted by molar-refractivity contribution is 7.15. The molecule has 2 saturated heterocycles. The van der Waals surface area contributed by atoms with Gasteiger partial charge in [-0.15, -0.1) is 11.3 Å². The number of methoxy groups -OCH3 is 1. The van der Waals surface area contributed by atoms with Crippen LogP contribution in [-0.4, -0.2) is 58.4 Å². The van der Waals surface area contributed by atoms with E-state index in [1.54, 1.807) is 24.3 Å². The van der Waals surface area contributed by atoms with Crippen LogP contribution < -0.4 is 11.3 Å². The Morgan fingerprint density at radius 3 is 2.64 bits per heavy atom. The number of carbonyl (C=O) groups excluding carboxylic acids is 1. The van der Waals surface area contributed by atoms with E-state index in [0.29, 0.717) is 53.9 Å². The van der Waals surface area contributed by atoms with Crippen molar-refractivity contribution in [1.29, 1.82) is 5.26 Å². The molecule has 0 spiro atoms. The maximum Gasteiger partial charge on any atom is 0.427 e. The molecule has 4 aromatic rings. The minimum atomic E-state index is -4.51. The average molecular weight is 627 g/mol. The minimum Gasteiger partial charge on any atom is -0.447 e. The third-order valence-electron chi connectivity index (χ3n) is 7.43. The van der Waals surface area contributed by atoms with E-state index in [0.717, 1.165) is 31.1 Å². The van der Waals surface area contributed by atoms with Crippen molar-refractivity contribution < 1.29 is 27.4 Å². The Bertz CT molecular complexity index is 1760. The van der Waals surface area contributed by atoms with Gasteiger partial charge < -0.3 is 20.1 Å². The van der Waals surface area contributed by atoms with E-state index in [9.17, 15) is 22.8 Å². The van der Waals surface area contributed by atoms with Gasteiger partial charge in [-0.3, -0.25) is 9.36 Å². The lowest BCUT2D eigenvalue weighted by atomic mass is 10.0. The second-order valence-corrected chi connectivity index (χ2v) is 11.4. The van der Waals surface area contributed by atoms with E-state index >= 15 is 0 Å². The van der Waals surface area contributed by atoms with Crippen molar-refractivity contribution in [3.8, 4) is 16.6 Å². The number of anilines is 1. The number of nitriles is 1. The number of nitrogens with zero attached hydrogens (tertiary/aromatic N) is 5. The SMILES string of the molecule is COCCc1nc2cc(-c3ncc(C(F)(F)F)s3)c(N)cc2c(=O)n1Cc1ccc(C#N)cc1.O=C1OCC2CCCCN12. The molecule has 2 N–H and O–H groups in total. The summed E-state index contributed by atoms with van der Waals surface area (Å²) in [5.74, 6) is 0.453. The Morgan fingerprint density at radius 2 is 1.98 bits per heavy atom. The molecule has 1 atom stereocenters. The largest absolute Gasteiger partial charge is 0.447 e. The van der Waals surface area contributed by atoms with Gasteiger partial charge in [0.05, 0.1) is 47.9 Å². The first kappa shape index (κ1) is 31.0. The van der Waals surface area contributed by atoms with Crippen LogP contribution in [0.15, 0.2) is 47.4 Å². The van der Waals surface area contributed by atoms with Gasteiger partial charge in [0.25, 0.3) is 5.56 Å². The molecule has 44 heavy (non-hydrogen) atoms. The summed E-state index contributed by atoms with van der Waals surface area (Å²) in [5, 5.41) is 9.32. The predicted octanol–water partition coefficient (Wildman–Crippen LogP) is 5.22. The molecule has 0 saturated carbocycles. The Balaban J connectivity index is 0.000000322. The fourth-order valence-electron chi connectivity index (χ4n) is 5.12. The fraction of sp³-hybridized carbons (Fsp3) is 0.367. The summed E-state index contributed by atoms with van der Waals surface area (Å²) < 4.78 is 50.6. The van der Waals surface area contributed by atoms with E-state index in [4.69, 9.17) is 20.5 Å². The van der Waals surface area contributed by atoms with Gasteiger partial charge in [-0.1, -0.05) is 12.1 Å². The standard InChI is InChI=1S/C23H18F3N5O2S.C7H11NO2/c1-33-7-6-20-30-18-9-15(21-29-11-19(34-21)23(24,25)26)17(28)8-16(18)22(32)31(20)12-14-4-2-13(10-27)3-5-14;9-7-8-4-2-1-3-6(8)5-10-7/h2-5,8-9,11H,6-7,12,28H2,1H3;6H,1-5H2. The van der Waals surface area contributed by atoms with Crippen molar-refractivity contribution in [3.05, 3.63) is 74.8 Å². The Kier molecular flexibility index (Phi) is 9.17. The van der Waals surface area contributed by atoms with Crippen LogP contribution in [0.4, 0.5) is 23.7 Å². The van der Waals surface area contributed by atoms with Crippen LogP contribution in [-0.2, 0) is 28.6 Å². The number of hydrogen-bond acceptors (Lipinski definition) is 9. The molecule has 4 heterocycles. The fourth-order valence-corrected chi connectivity index (χ4v) is 5.95. The maximum atomic E-state index is 13.4. The van der Waals surface area contributed by atoms with Crippen LogP contribution in [0.2, 0.25) is 0 Å². The topological polar surface area (TPSA) is 136 Å². The molecule has 14 heteroatoms. The molecule has 2 aliphatic rings. The van der Waals surface area contributed by atoms with Crippen LogP contribution in [0.3, 0.4) is 0 Å². The van der Waals surface area contributed by atoms with Crippen molar-refractivity contribution >= 4 is 34.0 Å². The van der Waals surface area contributed by atoms with Crippen molar-refractivity contribution in [1.82, 2.24) is 19.4 Å². The first-order valence-corrected chi connectivity index (χ1v) is 14.7. The molecule has 0 aliphatic carbocycles. The number of halogens is 3. The highest BCUT2D eigenvalue weighted by atomic mass is 32.1. The molecule has 1 amide bonds. The molecule has 230 valence electrons. The van der Waals surface area contributed by atoms with Crippen molar-refractivity contribution in [2.45, 2.75) is 44.4 Å². The molecular weight excluding hydrogens is 597 g/mol. The summed E-state index contributed by atoms with van der Waals surface area (Å²) in [6, 6.07) is 12.2. The number of alkyl halides is 3. The van der Waals surface area contributed by atoms with Gasteiger partial charge in [0.2, 0.25) is 0 Å². The lowest BCUT2D eigenvalue weighted by molar-refractivity contribution is -0.134. The van der Waals surface area contributed by atoms with E-state index in [1.807, 2.05) is 11.0 Å². The van der Waals surface area contributed by atoms with E-state index < -0.39 is 11.1 Å². The zero-order chi connectivity index (χ0) is 31.4. The first-order chi connectivity index (χ1) is 21.1. The second kappa shape index (κ2) is 13.0. The molecule has 2 aromatic carbocycles. The minimum absolute atomic E-state index is 0.0914. The highest BCUT2D eigenvalue weighted by Crippen LogP contribution is 2.39. The van der Waals surface area contributed by atoms with Gasteiger partial charge in [-0.2, -0.15) is 18.4 Å². The van der Waals surface area contributed by atoms with Crippen molar-refractivity contribution in [2.24, 2.45) is 0 Å². The summed E-state index contributed by atoms with van der Waals surface area (Å²) >= 11 is 0.476. The number of thiazole rings is 1. The zero-order valence-corrected chi connectivity index (χ0v) is 24.6.